The van der Waals surface area contributed by atoms with Crippen molar-refractivity contribution in [2.75, 3.05) is 20.8 Å². The Morgan fingerprint density at radius 2 is 2.00 bits per heavy atom. The molecule has 2 aromatic heterocycles. The van der Waals surface area contributed by atoms with Crippen molar-refractivity contribution in [2.24, 2.45) is 5.73 Å². The second-order valence-electron chi connectivity index (χ2n) is 5.01. The van der Waals surface area contributed by atoms with E-state index in [0.717, 1.165) is 28.3 Å². The number of fused-ring (bicyclic) bond motifs is 1. The summed E-state index contributed by atoms with van der Waals surface area (Å²) in [6.07, 6.45) is 2.89. The minimum atomic E-state index is 0.586. The molecule has 3 aromatic rings. The Kier molecular flexibility index (Phi) is 4.04. The monoisotopic (exact) mass is 317 g/mol. The normalized spacial score (nSPS) is 11.1. The molecule has 0 spiro atoms. The number of rotatable bonds is 5. The van der Waals surface area contributed by atoms with Crippen molar-refractivity contribution in [2.45, 2.75) is 13.3 Å². The van der Waals surface area contributed by atoms with Crippen LogP contribution in [0.15, 0.2) is 24.4 Å². The predicted molar refractivity (Wildman–Crippen MR) is 89.1 cm³/mol. The molecule has 0 fully saturated rings. The molecule has 0 bridgehead atoms. The standard InChI is InChI=1S/C16H19N3O2S/c1-10-9-19-12(6-7-17)15(18-16(19)22-10)11-4-5-13(20-2)14(8-11)21-3/h4-5,8-9H,6-7,17H2,1-3H3. The fourth-order valence-corrected chi connectivity index (χ4v) is 3.44. The number of nitrogens with two attached hydrogens (primary N) is 1. The van der Waals surface area contributed by atoms with Gasteiger partial charge >= 0.3 is 0 Å². The molecule has 0 aliphatic heterocycles. The molecule has 0 saturated carbocycles. The van der Waals surface area contributed by atoms with Gasteiger partial charge in [0.15, 0.2) is 16.5 Å². The highest BCUT2D eigenvalue weighted by molar-refractivity contribution is 7.17. The highest BCUT2D eigenvalue weighted by Crippen LogP contribution is 2.34. The van der Waals surface area contributed by atoms with E-state index in [0.29, 0.717) is 18.0 Å². The Labute approximate surface area is 133 Å². The van der Waals surface area contributed by atoms with Crippen LogP contribution in [0.2, 0.25) is 0 Å². The third-order valence-corrected chi connectivity index (χ3v) is 4.48. The Balaban J connectivity index is 2.16. The van der Waals surface area contributed by atoms with Crippen molar-refractivity contribution >= 4 is 16.3 Å². The summed E-state index contributed by atoms with van der Waals surface area (Å²) < 4.78 is 12.8. The SMILES string of the molecule is COc1ccc(-c2nc3sc(C)cn3c2CCN)cc1OC. The van der Waals surface area contributed by atoms with Crippen LogP contribution in [0.4, 0.5) is 0 Å². The maximum absolute atomic E-state index is 5.78. The lowest BCUT2D eigenvalue weighted by Gasteiger charge is -2.09. The number of ether oxygens (including phenoxy) is 2. The van der Waals surface area contributed by atoms with Gasteiger partial charge in [-0.3, -0.25) is 4.40 Å². The average molecular weight is 317 g/mol. The lowest BCUT2D eigenvalue weighted by Crippen LogP contribution is -2.05. The summed E-state index contributed by atoms with van der Waals surface area (Å²) in [5.41, 5.74) is 8.88. The number of aryl methyl sites for hydroxylation is 1. The number of benzene rings is 1. The summed E-state index contributed by atoms with van der Waals surface area (Å²) >= 11 is 1.68. The van der Waals surface area contributed by atoms with E-state index in [4.69, 9.17) is 20.2 Å². The number of thiazole rings is 1. The van der Waals surface area contributed by atoms with E-state index in [2.05, 4.69) is 17.5 Å². The molecule has 0 amide bonds. The summed E-state index contributed by atoms with van der Waals surface area (Å²) in [7, 11) is 3.27. The van der Waals surface area contributed by atoms with Crippen molar-refractivity contribution in [3.63, 3.8) is 0 Å². The first-order chi connectivity index (χ1) is 10.7. The number of nitrogens with zero attached hydrogens (tertiary/aromatic N) is 2. The highest BCUT2D eigenvalue weighted by atomic mass is 32.1. The van der Waals surface area contributed by atoms with Crippen LogP contribution >= 0.6 is 11.3 Å². The van der Waals surface area contributed by atoms with Crippen LogP contribution in [0.25, 0.3) is 16.2 Å². The molecule has 0 saturated heterocycles. The number of aromatic nitrogens is 2. The molecule has 0 aliphatic carbocycles. The number of imidazole rings is 1. The minimum Gasteiger partial charge on any atom is -0.493 e. The molecule has 0 aliphatic rings. The molecule has 1 aromatic carbocycles. The maximum atomic E-state index is 5.78. The van der Waals surface area contributed by atoms with Gasteiger partial charge in [0, 0.05) is 23.1 Å². The summed E-state index contributed by atoms with van der Waals surface area (Å²) in [6, 6.07) is 5.86. The van der Waals surface area contributed by atoms with Gasteiger partial charge in [-0.1, -0.05) is 0 Å². The molecule has 3 rings (SSSR count). The van der Waals surface area contributed by atoms with E-state index in [1.54, 1.807) is 25.6 Å². The molecule has 116 valence electrons. The lowest BCUT2D eigenvalue weighted by molar-refractivity contribution is 0.355. The molecule has 0 unspecified atom stereocenters. The quantitative estimate of drug-likeness (QED) is 0.786. The topological polar surface area (TPSA) is 61.8 Å². The van der Waals surface area contributed by atoms with Crippen LogP contribution in [-0.4, -0.2) is 30.1 Å². The average Bonchev–Trinajstić information content (AvgIpc) is 3.04. The largest absolute Gasteiger partial charge is 0.493 e. The van der Waals surface area contributed by atoms with E-state index < -0.39 is 0 Å². The summed E-state index contributed by atoms with van der Waals surface area (Å²) in [5.74, 6) is 1.41. The lowest BCUT2D eigenvalue weighted by atomic mass is 10.1. The van der Waals surface area contributed by atoms with Gasteiger partial charge in [-0.05, 0) is 31.7 Å². The van der Waals surface area contributed by atoms with Crippen LogP contribution < -0.4 is 15.2 Å². The second kappa shape index (κ2) is 5.98. The highest BCUT2D eigenvalue weighted by Gasteiger charge is 2.17. The van der Waals surface area contributed by atoms with Gasteiger partial charge in [0.2, 0.25) is 0 Å². The number of hydrogen-bond acceptors (Lipinski definition) is 5. The van der Waals surface area contributed by atoms with Crippen molar-refractivity contribution < 1.29 is 9.47 Å². The smallest absolute Gasteiger partial charge is 0.194 e. The molecule has 0 atom stereocenters. The van der Waals surface area contributed by atoms with E-state index in [1.165, 1.54) is 4.88 Å². The van der Waals surface area contributed by atoms with Crippen LogP contribution in [0.5, 0.6) is 11.5 Å². The zero-order chi connectivity index (χ0) is 15.7. The Morgan fingerprint density at radius 3 is 2.68 bits per heavy atom. The molecular weight excluding hydrogens is 298 g/mol. The molecule has 5 nitrogen and oxygen atoms in total. The third kappa shape index (κ3) is 2.44. The van der Waals surface area contributed by atoms with Gasteiger partial charge in [0.1, 0.15) is 0 Å². The van der Waals surface area contributed by atoms with Gasteiger partial charge in [-0.25, -0.2) is 4.98 Å². The number of hydrogen-bond donors (Lipinski definition) is 1. The van der Waals surface area contributed by atoms with Gasteiger partial charge in [-0.15, -0.1) is 11.3 Å². The van der Waals surface area contributed by atoms with Gasteiger partial charge in [-0.2, -0.15) is 0 Å². The Morgan fingerprint density at radius 1 is 1.23 bits per heavy atom. The second-order valence-corrected chi connectivity index (χ2v) is 6.22. The van der Waals surface area contributed by atoms with Crippen LogP contribution in [0.3, 0.4) is 0 Å². The van der Waals surface area contributed by atoms with E-state index in [-0.39, 0.29) is 0 Å². The third-order valence-electron chi connectivity index (χ3n) is 3.58. The molecule has 22 heavy (non-hydrogen) atoms. The van der Waals surface area contributed by atoms with E-state index in [1.807, 2.05) is 18.2 Å². The zero-order valence-electron chi connectivity index (χ0n) is 12.9. The van der Waals surface area contributed by atoms with Gasteiger partial charge in [0.25, 0.3) is 0 Å². The molecule has 2 N–H and O–H groups in total. The van der Waals surface area contributed by atoms with Crippen LogP contribution in [0.1, 0.15) is 10.6 Å². The summed E-state index contributed by atoms with van der Waals surface area (Å²) in [4.78, 5) is 7.01. The van der Waals surface area contributed by atoms with Crippen LogP contribution in [0, 0.1) is 6.92 Å². The van der Waals surface area contributed by atoms with Crippen molar-refractivity contribution in [1.29, 1.82) is 0 Å². The molecule has 0 radical (unpaired) electrons. The summed E-state index contributed by atoms with van der Waals surface area (Å²) in [6.45, 7) is 2.67. The first-order valence-corrected chi connectivity index (χ1v) is 7.89. The molecular formula is C16H19N3O2S. The Bertz CT molecular complexity index is 807. The fraction of sp³-hybridized carbons (Fsp3) is 0.312. The van der Waals surface area contributed by atoms with Gasteiger partial charge in [0.05, 0.1) is 25.6 Å². The van der Waals surface area contributed by atoms with E-state index in [9.17, 15) is 0 Å². The van der Waals surface area contributed by atoms with Crippen molar-refractivity contribution in [3.05, 3.63) is 35.0 Å². The zero-order valence-corrected chi connectivity index (χ0v) is 13.7. The number of methoxy groups -OCH3 is 2. The first-order valence-electron chi connectivity index (χ1n) is 7.07. The maximum Gasteiger partial charge on any atom is 0.194 e. The van der Waals surface area contributed by atoms with Crippen molar-refractivity contribution in [1.82, 2.24) is 9.38 Å². The van der Waals surface area contributed by atoms with Crippen LogP contribution in [-0.2, 0) is 6.42 Å². The van der Waals surface area contributed by atoms with E-state index >= 15 is 0 Å². The minimum absolute atomic E-state index is 0.586. The van der Waals surface area contributed by atoms with Crippen molar-refractivity contribution in [3.8, 4) is 22.8 Å². The van der Waals surface area contributed by atoms with Gasteiger partial charge < -0.3 is 15.2 Å². The predicted octanol–water partition coefficient (Wildman–Crippen LogP) is 2.89. The fourth-order valence-electron chi connectivity index (χ4n) is 2.59. The molecule has 2 heterocycles. The summed E-state index contributed by atoms with van der Waals surface area (Å²) in [5, 5.41) is 0. The first kappa shape index (κ1) is 14.9. The molecule has 6 heteroatoms. The Hall–Kier alpha value is -2.05.